The monoisotopic (exact) mass is 413 g/mol. The molecular formula is C22H31N5OS. The highest BCUT2D eigenvalue weighted by Gasteiger charge is 2.50. The lowest BCUT2D eigenvalue weighted by molar-refractivity contribution is 0.170. The van der Waals surface area contributed by atoms with Gasteiger partial charge >= 0.3 is 0 Å². The van der Waals surface area contributed by atoms with Crippen molar-refractivity contribution < 1.29 is 4.55 Å². The van der Waals surface area contributed by atoms with E-state index < -0.39 is 16.1 Å². The molecule has 0 radical (unpaired) electrons. The number of nitrogens with two attached hydrogens (primary N) is 3. The normalized spacial score (nSPS) is 21.9. The standard InChI is InChI=1S/C22H31N5OS/c1-21(2,29(25)28)13-17-16-6-4-3-5-15(16)12-22(17)7-9-27(10-8-22)20-11-18(23)19(24)14-26-20/h3-6,11,14,17H,7-10,12-13,24-25H2,1-2H3,(H2,23,26)/t17-,29?/m1/s1. The molecule has 1 saturated heterocycles. The van der Waals surface area contributed by atoms with E-state index in [9.17, 15) is 4.55 Å². The average molecular weight is 414 g/mol. The summed E-state index contributed by atoms with van der Waals surface area (Å²) in [5, 5.41) is 5.84. The third-order valence-corrected chi connectivity index (χ3v) is 8.25. The fourth-order valence-corrected chi connectivity index (χ4v) is 5.45. The number of rotatable bonds is 4. The minimum atomic E-state index is -1.36. The summed E-state index contributed by atoms with van der Waals surface area (Å²) in [7, 11) is 0. The smallest absolute Gasteiger partial charge is 0.140 e. The van der Waals surface area contributed by atoms with Gasteiger partial charge in [-0.05, 0) is 55.6 Å². The summed E-state index contributed by atoms with van der Waals surface area (Å²) in [6, 6.07) is 10.6. The molecular weight excluding hydrogens is 382 g/mol. The topological polar surface area (TPSA) is 117 Å². The minimum absolute atomic E-state index is 0.177. The largest absolute Gasteiger partial charge is 0.598 e. The van der Waals surface area contributed by atoms with Gasteiger partial charge in [0, 0.05) is 36.9 Å². The molecule has 1 spiro atoms. The molecule has 29 heavy (non-hydrogen) atoms. The van der Waals surface area contributed by atoms with E-state index in [0.717, 1.165) is 44.6 Å². The second-order valence-corrected chi connectivity index (χ2v) is 10.9. The molecule has 2 aliphatic rings. The average Bonchev–Trinajstić information content (AvgIpc) is 2.97. The van der Waals surface area contributed by atoms with Crippen molar-refractivity contribution in [3.8, 4) is 0 Å². The predicted octanol–water partition coefficient (Wildman–Crippen LogP) is 2.96. The van der Waals surface area contributed by atoms with Crippen molar-refractivity contribution >= 4 is 28.6 Å². The Morgan fingerprint density at radius 1 is 1.21 bits per heavy atom. The van der Waals surface area contributed by atoms with Gasteiger partial charge in [-0.25, -0.2) is 4.98 Å². The number of hydrogen-bond donors (Lipinski definition) is 3. The molecule has 156 valence electrons. The van der Waals surface area contributed by atoms with Crippen LogP contribution in [0.15, 0.2) is 36.5 Å². The summed E-state index contributed by atoms with van der Waals surface area (Å²) in [6.07, 6.45) is 5.67. The molecule has 0 saturated carbocycles. The van der Waals surface area contributed by atoms with Crippen molar-refractivity contribution in [2.75, 3.05) is 29.5 Å². The van der Waals surface area contributed by atoms with E-state index >= 15 is 0 Å². The molecule has 1 aromatic heterocycles. The summed E-state index contributed by atoms with van der Waals surface area (Å²) >= 11 is -1.36. The molecule has 0 amide bonds. The van der Waals surface area contributed by atoms with Crippen LogP contribution in [0.1, 0.15) is 50.2 Å². The van der Waals surface area contributed by atoms with Crippen LogP contribution in [0.3, 0.4) is 0 Å². The van der Waals surface area contributed by atoms with Gasteiger partial charge in [0.25, 0.3) is 0 Å². The van der Waals surface area contributed by atoms with Crippen LogP contribution >= 0.6 is 0 Å². The number of anilines is 3. The van der Waals surface area contributed by atoms with Crippen LogP contribution in [0.2, 0.25) is 0 Å². The highest BCUT2D eigenvalue weighted by atomic mass is 32.2. The van der Waals surface area contributed by atoms with Crippen molar-refractivity contribution in [2.45, 2.75) is 50.2 Å². The molecule has 1 unspecified atom stereocenters. The van der Waals surface area contributed by atoms with Crippen molar-refractivity contribution in [2.24, 2.45) is 10.6 Å². The van der Waals surface area contributed by atoms with Gasteiger partial charge in [0.2, 0.25) is 0 Å². The Hall–Kier alpha value is -1.96. The van der Waals surface area contributed by atoms with E-state index in [4.69, 9.17) is 16.6 Å². The Kier molecular flexibility index (Phi) is 5.17. The van der Waals surface area contributed by atoms with Crippen molar-refractivity contribution in [1.29, 1.82) is 0 Å². The fraction of sp³-hybridized carbons (Fsp3) is 0.500. The lowest BCUT2D eigenvalue weighted by Crippen LogP contribution is -2.46. The van der Waals surface area contributed by atoms with E-state index in [1.54, 1.807) is 6.20 Å². The van der Waals surface area contributed by atoms with E-state index in [1.165, 1.54) is 11.1 Å². The van der Waals surface area contributed by atoms with Crippen molar-refractivity contribution in [3.05, 3.63) is 47.7 Å². The molecule has 6 nitrogen and oxygen atoms in total. The molecule has 1 aromatic carbocycles. The maximum atomic E-state index is 12.2. The molecule has 6 N–H and O–H groups in total. The summed E-state index contributed by atoms with van der Waals surface area (Å²) in [4.78, 5) is 6.78. The number of fused-ring (bicyclic) bond motifs is 1. The third kappa shape index (κ3) is 3.67. The zero-order valence-corrected chi connectivity index (χ0v) is 18.0. The number of hydrogen-bond acceptors (Lipinski definition) is 6. The van der Waals surface area contributed by atoms with Crippen LogP contribution < -0.4 is 21.5 Å². The zero-order chi connectivity index (χ0) is 20.8. The van der Waals surface area contributed by atoms with Gasteiger partial charge in [0.1, 0.15) is 10.6 Å². The summed E-state index contributed by atoms with van der Waals surface area (Å²) in [5.74, 6) is 1.26. The highest BCUT2D eigenvalue weighted by Crippen LogP contribution is 2.56. The van der Waals surface area contributed by atoms with Crippen LogP contribution in [0, 0.1) is 5.41 Å². The number of pyridine rings is 1. The van der Waals surface area contributed by atoms with Gasteiger partial charge in [-0.2, -0.15) is 5.14 Å². The Balaban J connectivity index is 1.59. The van der Waals surface area contributed by atoms with Crippen LogP contribution in [0.4, 0.5) is 17.2 Å². The van der Waals surface area contributed by atoms with Gasteiger partial charge < -0.3 is 20.9 Å². The first kappa shape index (κ1) is 20.3. The number of nitrogen functional groups attached to an aromatic ring is 2. The zero-order valence-electron chi connectivity index (χ0n) is 17.2. The van der Waals surface area contributed by atoms with Crippen LogP contribution in [0.5, 0.6) is 0 Å². The number of piperidine rings is 1. The van der Waals surface area contributed by atoms with Gasteiger partial charge in [-0.15, -0.1) is 0 Å². The van der Waals surface area contributed by atoms with Gasteiger partial charge in [-0.3, -0.25) is 0 Å². The molecule has 1 aliphatic heterocycles. The van der Waals surface area contributed by atoms with Crippen LogP contribution in [-0.4, -0.2) is 27.4 Å². The number of benzene rings is 1. The predicted molar refractivity (Wildman–Crippen MR) is 121 cm³/mol. The maximum absolute atomic E-state index is 12.2. The molecule has 2 heterocycles. The first-order valence-corrected chi connectivity index (χ1v) is 11.4. The fourth-order valence-electron chi connectivity index (χ4n) is 5.12. The second-order valence-electron chi connectivity index (χ2n) is 9.21. The molecule has 0 bridgehead atoms. The molecule has 1 aliphatic carbocycles. The molecule has 7 heteroatoms. The Morgan fingerprint density at radius 3 is 2.55 bits per heavy atom. The second kappa shape index (κ2) is 7.38. The third-order valence-electron chi connectivity index (χ3n) is 6.99. The SMILES string of the molecule is CC(C)(C[C@@H]1c2ccccc2CC12CCN(c1cc(N)c(N)cn1)CC2)[S+](N)[O-]. The van der Waals surface area contributed by atoms with Gasteiger partial charge in [0.05, 0.1) is 17.6 Å². The van der Waals surface area contributed by atoms with E-state index in [-0.39, 0.29) is 5.41 Å². The van der Waals surface area contributed by atoms with Crippen LogP contribution in [0.25, 0.3) is 0 Å². The van der Waals surface area contributed by atoms with Gasteiger partial charge in [-0.1, -0.05) is 24.3 Å². The lowest BCUT2D eigenvalue weighted by Gasteiger charge is -2.45. The Labute approximate surface area is 176 Å². The molecule has 4 rings (SSSR count). The molecule has 2 atom stereocenters. The minimum Gasteiger partial charge on any atom is -0.598 e. The number of aromatic nitrogens is 1. The van der Waals surface area contributed by atoms with Crippen molar-refractivity contribution in [3.63, 3.8) is 0 Å². The summed E-state index contributed by atoms with van der Waals surface area (Å²) in [6.45, 7) is 5.89. The van der Waals surface area contributed by atoms with E-state index in [1.807, 2.05) is 19.9 Å². The van der Waals surface area contributed by atoms with E-state index in [0.29, 0.717) is 17.3 Å². The quantitative estimate of drug-likeness (QED) is 0.663. The lowest BCUT2D eigenvalue weighted by atomic mass is 9.66. The molecule has 1 fully saturated rings. The van der Waals surface area contributed by atoms with Crippen molar-refractivity contribution in [1.82, 2.24) is 4.98 Å². The first-order valence-electron chi connectivity index (χ1n) is 10.2. The summed E-state index contributed by atoms with van der Waals surface area (Å²) < 4.78 is 11.8. The Bertz CT molecular complexity index is 893. The summed E-state index contributed by atoms with van der Waals surface area (Å²) in [5.41, 5.74) is 15.9. The molecule has 2 aromatic rings. The Morgan fingerprint density at radius 2 is 1.90 bits per heavy atom. The first-order chi connectivity index (χ1) is 13.7. The van der Waals surface area contributed by atoms with E-state index in [2.05, 4.69) is 34.1 Å². The van der Waals surface area contributed by atoms with Gasteiger partial charge in [0.15, 0.2) is 0 Å². The highest BCUT2D eigenvalue weighted by molar-refractivity contribution is 7.90. The van der Waals surface area contributed by atoms with Crippen LogP contribution in [-0.2, 0) is 17.8 Å². The number of nitrogens with zero attached hydrogens (tertiary/aromatic N) is 2. The maximum Gasteiger partial charge on any atom is 0.140 e.